The third-order valence-electron chi connectivity index (χ3n) is 2.23. The van der Waals surface area contributed by atoms with Crippen LogP contribution >= 0.6 is 0 Å². The maximum absolute atomic E-state index is 5.41. The summed E-state index contributed by atoms with van der Waals surface area (Å²) in [7, 11) is 0. The summed E-state index contributed by atoms with van der Waals surface area (Å²) in [5, 5.41) is 0. The smallest absolute Gasteiger partial charge is 0.325 e. The van der Waals surface area contributed by atoms with E-state index in [0.717, 1.165) is 0 Å². The Morgan fingerprint density at radius 3 is 1.14 bits per heavy atom. The topological polar surface area (TPSA) is 66.4 Å². The fourth-order valence-corrected chi connectivity index (χ4v) is 1.21. The van der Waals surface area contributed by atoms with Crippen LogP contribution in [0.1, 0.15) is 19.3 Å². The minimum absolute atomic E-state index is 0.175. The highest BCUT2D eigenvalue weighted by Crippen LogP contribution is 2.15. The van der Waals surface area contributed by atoms with Gasteiger partial charge in [-0.3, -0.25) is 0 Å². The highest BCUT2D eigenvalue weighted by Gasteiger charge is 2.09. The van der Waals surface area contributed by atoms with Crippen LogP contribution in [0.15, 0.2) is 38.0 Å². The van der Waals surface area contributed by atoms with Gasteiger partial charge in [0, 0.05) is 0 Å². The summed E-state index contributed by atoms with van der Waals surface area (Å²) in [6, 6.07) is 0.525. The van der Waals surface area contributed by atoms with E-state index in [4.69, 9.17) is 14.2 Å². The average Bonchev–Trinajstić information content (AvgIpc) is 2.48. The van der Waals surface area contributed by atoms with Gasteiger partial charge in [0.1, 0.15) is 0 Å². The molecule has 1 heterocycles. The minimum Gasteiger partial charge on any atom is -0.463 e. The fraction of sp³-hybridized carbons (Fsp3) is 0.400. The van der Waals surface area contributed by atoms with Gasteiger partial charge < -0.3 is 14.2 Å². The predicted molar refractivity (Wildman–Crippen MR) is 80.8 cm³/mol. The van der Waals surface area contributed by atoms with E-state index in [-0.39, 0.29) is 18.0 Å². The lowest BCUT2D eigenvalue weighted by Crippen LogP contribution is -2.08. The molecule has 0 aliphatic heterocycles. The zero-order valence-corrected chi connectivity index (χ0v) is 12.2. The molecule has 0 saturated carbocycles. The van der Waals surface area contributed by atoms with Gasteiger partial charge in [-0.25, -0.2) is 0 Å². The van der Waals surface area contributed by atoms with Crippen molar-refractivity contribution in [2.24, 2.45) is 0 Å². The monoisotopic (exact) mass is 291 g/mol. The maximum Gasteiger partial charge on any atom is 0.325 e. The highest BCUT2D eigenvalue weighted by atomic mass is 16.5. The Morgan fingerprint density at radius 2 is 0.905 bits per heavy atom. The van der Waals surface area contributed by atoms with Crippen LogP contribution in [-0.2, 0) is 0 Å². The molecule has 114 valence electrons. The first-order valence-corrected chi connectivity index (χ1v) is 6.77. The fourth-order valence-electron chi connectivity index (χ4n) is 1.21. The molecule has 1 aromatic heterocycles. The first-order valence-electron chi connectivity index (χ1n) is 6.77. The van der Waals surface area contributed by atoms with Crippen LogP contribution in [0.2, 0.25) is 0 Å². The molecule has 0 saturated heterocycles. The Bertz CT molecular complexity index is 384. The van der Waals surface area contributed by atoms with Crippen molar-refractivity contribution in [3.05, 3.63) is 38.0 Å². The molecule has 0 aliphatic carbocycles. The van der Waals surface area contributed by atoms with Crippen molar-refractivity contribution in [3.63, 3.8) is 0 Å². The molecular formula is C15H21N3O3. The largest absolute Gasteiger partial charge is 0.463 e. The van der Waals surface area contributed by atoms with E-state index in [1.165, 1.54) is 0 Å². The molecule has 0 bridgehead atoms. The van der Waals surface area contributed by atoms with Gasteiger partial charge in [0.25, 0.3) is 0 Å². The quantitative estimate of drug-likeness (QED) is 0.436. The van der Waals surface area contributed by atoms with Crippen LogP contribution in [0, 0.1) is 0 Å². The molecule has 6 nitrogen and oxygen atoms in total. The number of ether oxygens (including phenoxy) is 3. The first-order chi connectivity index (χ1) is 10.3. The summed E-state index contributed by atoms with van der Waals surface area (Å²) in [6.45, 7) is 12.2. The summed E-state index contributed by atoms with van der Waals surface area (Å²) in [4.78, 5) is 12.2. The normalized spacial score (nSPS) is 9.71. The molecule has 0 fully saturated rings. The second-order valence-electron chi connectivity index (χ2n) is 3.96. The molecule has 1 rings (SSSR count). The SMILES string of the molecule is C=CCCOc1nc(OCCC=C)nc(OCCC=C)n1. The molecule has 0 N–H and O–H groups in total. The molecule has 21 heavy (non-hydrogen) atoms. The van der Waals surface area contributed by atoms with Gasteiger partial charge in [-0.2, -0.15) is 0 Å². The van der Waals surface area contributed by atoms with Gasteiger partial charge in [-0.1, -0.05) is 18.2 Å². The molecule has 0 unspecified atom stereocenters. The average molecular weight is 291 g/mol. The van der Waals surface area contributed by atoms with E-state index < -0.39 is 0 Å². The number of hydrogen-bond donors (Lipinski definition) is 0. The highest BCUT2D eigenvalue weighted by molar-refractivity contribution is 5.09. The van der Waals surface area contributed by atoms with Crippen LogP contribution in [0.3, 0.4) is 0 Å². The predicted octanol–water partition coefficient (Wildman–Crippen LogP) is 2.74. The van der Waals surface area contributed by atoms with Crippen molar-refractivity contribution in [1.82, 2.24) is 15.0 Å². The van der Waals surface area contributed by atoms with Crippen LogP contribution in [0.25, 0.3) is 0 Å². The summed E-state index contributed by atoms with van der Waals surface area (Å²) in [6.07, 6.45) is 7.36. The molecule has 0 amide bonds. The van der Waals surface area contributed by atoms with Gasteiger partial charge >= 0.3 is 18.0 Å². The second kappa shape index (κ2) is 10.4. The Kier molecular flexibility index (Phi) is 8.28. The zero-order chi connectivity index (χ0) is 15.3. The molecular weight excluding hydrogens is 270 g/mol. The second-order valence-corrected chi connectivity index (χ2v) is 3.96. The van der Waals surface area contributed by atoms with Crippen LogP contribution in [-0.4, -0.2) is 34.8 Å². The molecule has 6 heteroatoms. The molecule has 0 atom stereocenters. The van der Waals surface area contributed by atoms with E-state index in [1.807, 2.05) is 0 Å². The molecule has 0 radical (unpaired) electrons. The van der Waals surface area contributed by atoms with Crippen molar-refractivity contribution in [3.8, 4) is 18.0 Å². The van der Waals surface area contributed by atoms with Crippen LogP contribution in [0.5, 0.6) is 18.0 Å². The van der Waals surface area contributed by atoms with E-state index in [0.29, 0.717) is 39.1 Å². The van der Waals surface area contributed by atoms with E-state index in [1.54, 1.807) is 18.2 Å². The Balaban J connectivity index is 2.71. The first kappa shape index (κ1) is 16.7. The maximum atomic E-state index is 5.41. The summed E-state index contributed by atoms with van der Waals surface area (Å²) < 4.78 is 16.2. The molecule has 1 aromatic rings. The standard InChI is InChI=1S/C15H21N3O3/c1-4-7-10-19-13-16-14(20-11-8-5-2)18-15(17-13)21-12-9-6-3/h4-6H,1-3,7-12H2. The number of aromatic nitrogens is 3. The third-order valence-corrected chi connectivity index (χ3v) is 2.23. The zero-order valence-electron chi connectivity index (χ0n) is 12.2. The lowest BCUT2D eigenvalue weighted by molar-refractivity contribution is 0.240. The van der Waals surface area contributed by atoms with Crippen molar-refractivity contribution in [2.75, 3.05) is 19.8 Å². The van der Waals surface area contributed by atoms with E-state index in [2.05, 4.69) is 34.7 Å². The number of rotatable bonds is 12. The van der Waals surface area contributed by atoms with Gasteiger partial charge in [0.05, 0.1) is 19.8 Å². The lowest BCUT2D eigenvalue weighted by atomic mass is 10.5. The lowest BCUT2D eigenvalue weighted by Gasteiger charge is -2.08. The van der Waals surface area contributed by atoms with Gasteiger partial charge in [0.2, 0.25) is 0 Å². The van der Waals surface area contributed by atoms with E-state index >= 15 is 0 Å². The Labute approximate surface area is 125 Å². The number of hydrogen-bond acceptors (Lipinski definition) is 6. The third kappa shape index (κ3) is 7.10. The van der Waals surface area contributed by atoms with E-state index in [9.17, 15) is 0 Å². The van der Waals surface area contributed by atoms with Gasteiger partial charge in [0.15, 0.2) is 0 Å². The van der Waals surface area contributed by atoms with Crippen molar-refractivity contribution >= 4 is 0 Å². The molecule has 0 aliphatic rings. The number of nitrogens with zero attached hydrogens (tertiary/aromatic N) is 3. The van der Waals surface area contributed by atoms with Crippen molar-refractivity contribution < 1.29 is 14.2 Å². The van der Waals surface area contributed by atoms with Crippen molar-refractivity contribution in [2.45, 2.75) is 19.3 Å². The summed E-state index contributed by atoms with van der Waals surface area (Å²) in [5.41, 5.74) is 0. The Morgan fingerprint density at radius 1 is 0.619 bits per heavy atom. The van der Waals surface area contributed by atoms with Crippen LogP contribution < -0.4 is 14.2 Å². The molecule has 0 spiro atoms. The molecule has 0 aromatic carbocycles. The van der Waals surface area contributed by atoms with Crippen molar-refractivity contribution in [1.29, 1.82) is 0 Å². The van der Waals surface area contributed by atoms with Gasteiger partial charge in [-0.15, -0.1) is 34.7 Å². The van der Waals surface area contributed by atoms with Gasteiger partial charge in [-0.05, 0) is 19.3 Å². The minimum atomic E-state index is 0.175. The summed E-state index contributed by atoms with van der Waals surface area (Å²) in [5.74, 6) is 0. The summed E-state index contributed by atoms with van der Waals surface area (Å²) >= 11 is 0. The van der Waals surface area contributed by atoms with Crippen LogP contribution in [0.4, 0.5) is 0 Å². The Hall–Kier alpha value is -2.37.